The maximum atomic E-state index is 11.9. The Morgan fingerprint density at radius 1 is 1.33 bits per heavy atom. The summed E-state index contributed by atoms with van der Waals surface area (Å²) in [5.74, 6) is 0.391. The third-order valence-corrected chi connectivity index (χ3v) is 2.98. The van der Waals surface area contributed by atoms with Crippen LogP contribution in [0.15, 0.2) is 12.4 Å². The highest BCUT2D eigenvalue weighted by Gasteiger charge is 2.13. The van der Waals surface area contributed by atoms with E-state index < -0.39 is 0 Å². The van der Waals surface area contributed by atoms with Crippen LogP contribution < -0.4 is 11.1 Å². The van der Waals surface area contributed by atoms with Crippen LogP contribution in [0.25, 0.3) is 0 Å². The minimum Gasteiger partial charge on any atom is -0.384 e. The fourth-order valence-electron chi connectivity index (χ4n) is 1.62. The number of hydrogen-bond acceptors (Lipinski definition) is 4. The van der Waals surface area contributed by atoms with Gasteiger partial charge in [0.1, 0.15) is 5.82 Å². The summed E-state index contributed by atoms with van der Waals surface area (Å²) in [7, 11) is 3.55. The van der Waals surface area contributed by atoms with Gasteiger partial charge in [-0.25, -0.2) is 0 Å². The van der Waals surface area contributed by atoms with Crippen molar-refractivity contribution < 1.29 is 4.79 Å². The minimum atomic E-state index is -0.163. The van der Waals surface area contributed by atoms with E-state index in [-0.39, 0.29) is 5.91 Å². The molecule has 2 aromatic rings. The number of carbonyl (C=O) groups is 1. The van der Waals surface area contributed by atoms with Crippen molar-refractivity contribution in [2.24, 2.45) is 14.1 Å². The second-order valence-electron chi connectivity index (χ2n) is 4.13. The molecule has 0 atom stereocenters. The lowest BCUT2D eigenvalue weighted by Gasteiger charge is -2.04. The predicted octanol–water partition coefficient (Wildman–Crippen LogP) is -0.0258. The van der Waals surface area contributed by atoms with Gasteiger partial charge in [0.25, 0.3) is 5.91 Å². The maximum absolute atomic E-state index is 11.9. The van der Waals surface area contributed by atoms with Gasteiger partial charge in [-0.05, 0) is 6.92 Å². The van der Waals surface area contributed by atoms with Crippen molar-refractivity contribution in [3.05, 3.63) is 29.2 Å². The summed E-state index contributed by atoms with van der Waals surface area (Å²) in [6.45, 7) is 2.20. The first-order valence-electron chi connectivity index (χ1n) is 5.54. The Kier molecular flexibility index (Phi) is 3.05. The van der Waals surface area contributed by atoms with E-state index in [2.05, 4.69) is 15.5 Å². The molecule has 0 aromatic carbocycles. The lowest BCUT2D eigenvalue weighted by molar-refractivity contribution is 0.0950. The predicted molar refractivity (Wildman–Crippen MR) is 66.7 cm³/mol. The van der Waals surface area contributed by atoms with Gasteiger partial charge in [-0.2, -0.15) is 10.2 Å². The van der Waals surface area contributed by atoms with E-state index in [0.717, 1.165) is 11.3 Å². The SMILES string of the molecule is Cc1c(C(=O)NCc2cnn(C)c2N)cnn1C. The lowest BCUT2D eigenvalue weighted by atomic mass is 10.2. The standard InChI is InChI=1S/C11H16N6O/c1-7-9(6-15-16(7)2)11(18)13-4-8-5-14-17(3)10(8)12/h5-6H,4,12H2,1-3H3,(H,13,18). The topological polar surface area (TPSA) is 90.8 Å². The molecule has 2 rings (SSSR count). The summed E-state index contributed by atoms with van der Waals surface area (Å²) in [6, 6.07) is 0. The molecule has 0 aliphatic rings. The first kappa shape index (κ1) is 12.2. The highest BCUT2D eigenvalue weighted by molar-refractivity contribution is 5.95. The number of nitrogens with one attached hydrogen (secondary N) is 1. The van der Waals surface area contributed by atoms with E-state index in [0.29, 0.717) is 17.9 Å². The number of nitrogens with zero attached hydrogens (tertiary/aromatic N) is 4. The van der Waals surface area contributed by atoms with Crippen LogP contribution in [0.2, 0.25) is 0 Å². The molecule has 0 saturated heterocycles. The maximum Gasteiger partial charge on any atom is 0.255 e. The molecule has 1 amide bonds. The van der Waals surface area contributed by atoms with Crippen molar-refractivity contribution in [3.63, 3.8) is 0 Å². The van der Waals surface area contributed by atoms with Crippen LogP contribution in [0, 0.1) is 6.92 Å². The quantitative estimate of drug-likeness (QED) is 0.798. The van der Waals surface area contributed by atoms with E-state index in [9.17, 15) is 4.79 Å². The lowest BCUT2D eigenvalue weighted by Crippen LogP contribution is -2.23. The fourth-order valence-corrected chi connectivity index (χ4v) is 1.62. The van der Waals surface area contributed by atoms with Crippen LogP contribution in [0.3, 0.4) is 0 Å². The molecule has 0 saturated carbocycles. The average Bonchev–Trinajstić information content (AvgIpc) is 2.83. The number of amides is 1. The Morgan fingerprint density at radius 3 is 2.50 bits per heavy atom. The molecule has 7 nitrogen and oxygen atoms in total. The molecule has 0 aliphatic heterocycles. The van der Waals surface area contributed by atoms with Gasteiger partial charge >= 0.3 is 0 Å². The van der Waals surface area contributed by atoms with Crippen molar-refractivity contribution >= 4 is 11.7 Å². The van der Waals surface area contributed by atoms with Gasteiger partial charge in [0.05, 0.1) is 18.0 Å². The second-order valence-corrected chi connectivity index (χ2v) is 4.13. The molecule has 2 heterocycles. The number of aromatic nitrogens is 4. The Hall–Kier alpha value is -2.31. The van der Waals surface area contributed by atoms with E-state index >= 15 is 0 Å². The summed E-state index contributed by atoms with van der Waals surface area (Å²) in [4.78, 5) is 11.9. The van der Waals surface area contributed by atoms with Crippen LogP contribution in [-0.4, -0.2) is 25.5 Å². The largest absolute Gasteiger partial charge is 0.384 e. The molecule has 0 radical (unpaired) electrons. The van der Waals surface area contributed by atoms with Crippen molar-refractivity contribution in [2.75, 3.05) is 5.73 Å². The van der Waals surface area contributed by atoms with Gasteiger partial charge in [0.2, 0.25) is 0 Å². The summed E-state index contributed by atoms with van der Waals surface area (Å²) < 4.78 is 3.23. The molecule has 96 valence electrons. The third kappa shape index (κ3) is 2.06. The first-order chi connectivity index (χ1) is 8.50. The summed E-state index contributed by atoms with van der Waals surface area (Å²) in [5.41, 5.74) is 7.99. The van der Waals surface area contributed by atoms with Crippen molar-refractivity contribution in [2.45, 2.75) is 13.5 Å². The van der Waals surface area contributed by atoms with E-state index in [1.54, 1.807) is 35.9 Å². The zero-order valence-corrected chi connectivity index (χ0v) is 10.6. The van der Waals surface area contributed by atoms with Crippen molar-refractivity contribution in [1.29, 1.82) is 0 Å². The monoisotopic (exact) mass is 248 g/mol. The molecule has 18 heavy (non-hydrogen) atoms. The Morgan fingerprint density at radius 2 is 2.00 bits per heavy atom. The van der Waals surface area contributed by atoms with Crippen LogP contribution in [0.1, 0.15) is 21.6 Å². The Balaban J connectivity index is 2.05. The van der Waals surface area contributed by atoms with Crippen molar-refractivity contribution in [1.82, 2.24) is 24.9 Å². The fraction of sp³-hybridized carbons (Fsp3) is 0.364. The zero-order valence-electron chi connectivity index (χ0n) is 10.6. The Labute approximate surface area is 105 Å². The smallest absolute Gasteiger partial charge is 0.255 e. The number of anilines is 1. The highest BCUT2D eigenvalue weighted by Crippen LogP contribution is 2.10. The molecule has 0 spiro atoms. The number of carbonyl (C=O) groups excluding carboxylic acids is 1. The molecule has 0 unspecified atom stereocenters. The van der Waals surface area contributed by atoms with Gasteiger partial charge in [-0.3, -0.25) is 14.2 Å². The van der Waals surface area contributed by atoms with Crippen LogP contribution in [-0.2, 0) is 20.6 Å². The summed E-state index contributed by atoms with van der Waals surface area (Å²) >= 11 is 0. The third-order valence-electron chi connectivity index (χ3n) is 2.98. The van der Waals surface area contributed by atoms with Crippen molar-refractivity contribution in [3.8, 4) is 0 Å². The number of nitrogens with two attached hydrogens (primary N) is 1. The number of nitrogen functional groups attached to an aromatic ring is 1. The number of aryl methyl sites for hydroxylation is 2. The van der Waals surface area contributed by atoms with E-state index in [1.165, 1.54) is 0 Å². The highest BCUT2D eigenvalue weighted by atomic mass is 16.1. The molecule has 0 bridgehead atoms. The van der Waals surface area contributed by atoms with E-state index in [4.69, 9.17) is 5.73 Å². The van der Waals surface area contributed by atoms with Gasteiger partial charge in [0.15, 0.2) is 0 Å². The molecule has 2 aromatic heterocycles. The zero-order chi connectivity index (χ0) is 13.3. The van der Waals surface area contributed by atoms with Gasteiger partial charge in [0, 0.05) is 31.9 Å². The molecular formula is C11H16N6O. The summed E-state index contributed by atoms with van der Waals surface area (Å²) in [6.07, 6.45) is 3.20. The normalized spacial score (nSPS) is 10.6. The molecule has 0 fully saturated rings. The minimum absolute atomic E-state index is 0.163. The van der Waals surface area contributed by atoms with Gasteiger partial charge < -0.3 is 11.1 Å². The second kappa shape index (κ2) is 4.52. The van der Waals surface area contributed by atoms with E-state index in [1.807, 2.05) is 6.92 Å². The van der Waals surface area contributed by atoms with Gasteiger partial charge in [-0.15, -0.1) is 0 Å². The van der Waals surface area contributed by atoms with Crippen LogP contribution in [0.5, 0.6) is 0 Å². The number of hydrogen-bond donors (Lipinski definition) is 2. The molecule has 0 aliphatic carbocycles. The molecule has 3 N–H and O–H groups in total. The molecule has 7 heteroatoms. The molecular weight excluding hydrogens is 232 g/mol. The number of rotatable bonds is 3. The average molecular weight is 248 g/mol. The van der Waals surface area contributed by atoms with Crippen LogP contribution in [0.4, 0.5) is 5.82 Å². The summed E-state index contributed by atoms with van der Waals surface area (Å²) in [5, 5.41) is 10.8. The first-order valence-corrected chi connectivity index (χ1v) is 5.54. The Bertz CT molecular complexity index is 582. The van der Waals surface area contributed by atoms with Crippen LogP contribution >= 0.6 is 0 Å². The van der Waals surface area contributed by atoms with Gasteiger partial charge in [-0.1, -0.05) is 0 Å².